The highest BCUT2D eigenvalue weighted by molar-refractivity contribution is 7.89. The fourth-order valence-corrected chi connectivity index (χ4v) is 1.59. The van der Waals surface area contributed by atoms with Gasteiger partial charge in [0, 0.05) is 13.1 Å². The number of anilines is 1. The number of nitrogens with two attached hydrogens (primary N) is 1. The molecule has 7 nitrogen and oxygen atoms in total. The molecule has 3 N–H and O–H groups in total. The molecular weight excluding hydrogens is 222 g/mol. The third-order valence-corrected chi connectivity index (χ3v) is 2.67. The second-order valence-electron chi connectivity index (χ2n) is 2.73. The van der Waals surface area contributed by atoms with E-state index in [-0.39, 0.29) is 16.3 Å². The number of nitro groups is 1. The summed E-state index contributed by atoms with van der Waals surface area (Å²) in [7, 11) is -2.39. The summed E-state index contributed by atoms with van der Waals surface area (Å²) in [5.41, 5.74) is -0.101. The molecule has 0 radical (unpaired) electrons. The Morgan fingerprint density at radius 3 is 2.47 bits per heavy atom. The van der Waals surface area contributed by atoms with Gasteiger partial charge < -0.3 is 5.32 Å². The number of primary sulfonamides is 1. The van der Waals surface area contributed by atoms with Crippen LogP contribution in [-0.2, 0) is 10.0 Å². The highest BCUT2D eigenvalue weighted by Crippen LogP contribution is 2.26. The Kier molecular flexibility index (Phi) is 2.91. The van der Waals surface area contributed by atoms with Gasteiger partial charge >= 0.3 is 0 Å². The summed E-state index contributed by atoms with van der Waals surface area (Å²) in [6.07, 6.45) is 0. The molecule has 0 atom stereocenters. The van der Waals surface area contributed by atoms with Crippen LogP contribution < -0.4 is 10.5 Å². The Morgan fingerprint density at radius 2 is 2.07 bits per heavy atom. The Labute approximate surface area is 86.1 Å². The van der Waals surface area contributed by atoms with Crippen LogP contribution in [0.2, 0.25) is 0 Å². The van der Waals surface area contributed by atoms with Crippen LogP contribution >= 0.6 is 0 Å². The maximum Gasteiger partial charge on any atom is 0.292 e. The van der Waals surface area contributed by atoms with Crippen molar-refractivity contribution in [1.29, 1.82) is 0 Å². The zero-order valence-electron chi connectivity index (χ0n) is 7.80. The van der Waals surface area contributed by atoms with Gasteiger partial charge in [0.05, 0.1) is 9.82 Å². The molecule has 0 aliphatic heterocycles. The first-order chi connectivity index (χ1) is 6.86. The summed E-state index contributed by atoms with van der Waals surface area (Å²) in [6.45, 7) is 0. The molecular formula is C7H9N3O4S. The molecule has 0 saturated heterocycles. The first-order valence-corrected chi connectivity index (χ1v) is 5.40. The van der Waals surface area contributed by atoms with Gasteiger partial charge in [0.1, 0.15) is 5.69 Å². The predicted octanol–water partition coefficient (Wildman–Crippen LogP) is 0.284. The molecule has 1 rings (SSSR count). The molecule has 0 saturated carbocycles. The molecule has 82 valence electrons. The lowest BCUT2D eigenvalue weighted by molar-refractivity contribution is -0.384. The van der Waals surface area contributed by atoms with Crippen LogP contribution in [0.25, 0.3) is 0 Å². The number of sulfonamides is 1. The average molecular weight is 231 g/mol. The molecule has 0 heterocycles. The normalized spacial score (nSPS) is 11.1. The van der Waals surface area contributed by atoms with Crippen molar-refractivity contribution in [2.24, 2.45) is 5.14 Å². The molecule has 0 unspecified atom stereocenters. The zero-order chi connectivity index (χ0) is 11.6. The van der Waals surface area contributed by atoms with E-state index < -0.39 is 14.9 Å². The standard InChI is InChI=1S/C7H9N3O4S/c1-9-6-4-5(15(8,13)14)2-3-7(6)10(11)12/h2-4,9H,1H3,(H2,8,13,14). The molecule has 0 fully saturated rings. The Morgan fingerprint density at radius 1 is 1.47 bits per heavy atom. The highest BCUT2D eigenvalue weighted by atomic mass is 32.2. The van der Waals surface area contributed by atoms with Gasteiger partial charge in [-0.3, -0.25) is 10.1 Å². The van der Waals surface area contributed by atoms with Crippen LogP contribution in [0, 0.1) is 10.1 Å². The van der Waals surface area contributed by atoms with Gasteiger partial charge in [-0.25, -0.2) is 13.6 Å². The van der Waals surface area contributed by atoms with Gasteiger partial charge in [-0.2, -0.15) is 0 Å². The minimum Gasteiger partial charge on any atom is -0.383 e. The summed E-state index contributed by atoms with van der Waals surface area (Å²) in [5.74, 6) is 0. The van der Waals surface area contributed by atoms with E-state index in [1.54, 1.807) is 0 Å². The quantitative estimate of drug-likeness (QED) is 0.572. The number of nitrogens with zero attached hydrogens (tertiary/aromatic N) is 1. The van der Waals surface area contributed by atoms with E-state index in [1.165, 1.54) is 7.05 Å². The minimum absolute atomic E-state index is 0.103. The van der Waals surface area contributed by atoms with Crippen LogP contribution in [0.1, 0.15) is 0 Å². The van der Waals surface area contributed by atoms with Crippen LogP contribution in [0.15, 0.2) is 23.1 Å². The lowest BCUT2D eigenvalue weighted by Crippen LogP contribution is -2.12. The number of nitro benzene ring substituents is 1. The molecule has 0 bridgehead atoms. The van der Waals surface area contributed by atoms with Crippen molar-refractivity contribution in [3.63, 3.8) is 0 Å². The van der Waals surface area contributed by atoms with E-state index in [0.29, 0.717) is 0 Å². The summed E-state index contributed by atoms with van der Waals surface area (Å²) in [5, 5.41) is 17.9. The average Bonchev–Trinajstić information content (AvgIpc) is 2.15. The molecule has 8 heteroatoms. The molecule has 0 aromatic heterocycles. The van der Waals surface area contributed by atoms with Crippen LogP contribution in [0.4, 0.5) is 11.4 Å². The van der Waals surface area contributed by atoms with Gasteiger partial charge in [0.15, 0.2) is 0 Å². The fourth-order valence-electron chi connectivity index (χ4n) is 1.05. The first-order valence-electron chi connectivity index (χ1n) is 3.85. The second kappa shape index (κ2) is 3.83. The largest absolute Gasteiger partial charge is 0.383 e. The van der Waals surface area contributed by atoms with Crippen molar-refractivity contribution in [1.82, 2.24) is 0 Å². The van der Waals surface area contributed by atoms with Crippen molar-refractivity contribution in [3.8, 4) is 0 Å². The van der Waals surface area contributed by atoms with E-state index in [4.69, 9.17) is 5.14 Å². The predicted molar refractivity (Wildman–Crippen MR) is 54.0 cm³/mol. The summed E-state index contributed by atoms with van der Waals surface area (Å²) in [6, 6.07) is 3.30. The van der Waals surface area contributed by atoms with E-state index >= 15 is 0 Å². The van der Waals surface area contributed by atoms with Crippen molar-refractivity contribution < 1.29 is 13.3 Å². The SMILES string of the molecule is CNc1cc(S(N)(=O)=O)ccc1[N+](=O)[O-]. The summed E-state index contributed by atoms with van der Waals surface area (Å²) < 4.78 is 21.9. The number of benzene rings is 1. The minimum atomic E-state index is -3.84. The molecule has 1 aromatic rings. The third kappa shape index (κ3) is 2.42. The second-order valence-corrected chi connectivity index (χ2v) is 4.29. The molecule has 0 spiro atoms. The topological polar surface area (TPSA) is 115 Å². The molecule has 15 heavy (non-hydrogen) atoms. The number of nitrogens with one attached hydrogen (secondary N) is 1. The molecule has 0 aliphatic carbocycles. The lowest BCUT2D eigenvalue weighted by Gasteiger charge is -2.03. The monoisotopic (exact) mass is 231 g/mol. The Balaban J connectivity index is 3.38. The van der Waals surface area contributed by atoms with Crippen molar-refractivity contribution in [2.75, 3.05) is 12.4 Å². The number of rotatable bonds is 3. The van der Waals surface area contributed by atoms with Crippen LogP contribution in [0.3, 0.4) is 0 Å². The number of hydrogen-bond acceptors (Lipinski definition) is 5. The van der Waals surface area contributed by atoms with E-state index in [9.17, 15) is 18.5 Å². The van der Waals surface area contributed by atoms with E-state index in [0.717, 1.165) is 18.2 Å². The van der Waals surface area contributed by atoms with Gasteiger partial charge in [-0.15, -0.1) is 0 Å². The van der Waals surface area contributed by atoms with Crippen LogP contribution in [-0.4, -0.2) is 20.4 Å². The maximum absolute atomic E-state index is 11.0. The third-order valence-electron chi connectivity index (χ3n) is 1.76. The maximum atomic E-state index is 11.0. The van der Waals surface area contributed by atoms with Crippen molar-refractivity contribution in [3.05, 3.63) is 28.3 Å². The van der Waals surface area contributed by atoms with E-state index in [1.807, 2.05) is 0 Å². The van der Waals surface area contributed by atoms with Crippen molar-refractivity contribution >= 4 is 21.4 Å². The van der Waals surface area contributed by atoms with Gasteiger partial charge in [0.2, 0.25) is 10.0 Å². The van der Waals surface area contributed by atoms with Gasteiger partial charge in [-0.1, -0.05) is 0 Å². The smallest absolute Gasteiger partial charge is 0.292 e. The molecule has 0 aliphatic rings. The fraction of sp³-hybridized carbons (Fsp3) is 0.143. The summed E-state index contributed by atoms with van der Waals surface area (Å²) >= 11 is 0. The van der Waals surface area contributed by atoms with Crippen molar-refractivity contribution in [2.45, 2.75) is 4.90 Å². The zero-order valence-corrected chi connectivity index (χ0v) is 8.61. The first kappa shape index (κ1) is 11.4. The summed E-state index contributed by atoms with van der Waals surface area (Å²) in [4.78, 5) is 9.75. The van der Waals surface area contributed by atoms with Gasteiger partial charge in [0.25, 0.3) is 5.69 Å². The Hall–Kier alpha value is -1.67. The lowest BCUT2D eigenvalue weighted by atomic mass is 10.3. The number of hydrogen-bond donors (Lipinski definition) is 2. The molecule has 0 amide bonds. The van der Waals surface area contributed by atoms with E-state index in [2.05, 4.69) is 5.32 Å². The van der Waals surface area contributed by atoms with Crippen LogP contribution in [0.5, 0.6) is 0 Å². The molecule has 1 aromatic carbocycles. The Bertz CT molecular complexity index is 497. The highest BCUT2D eigenvalue weighted by Gasteiger charge is 2.16. The van der Waals surface area contributed by atoms with Gasteiger partial charge in [-0.05, 0) is 12.1 Å².